The van der Waals surface area contributed by atoms with Gasteiger partial charge in [-0.3, -0.25) is 14.5 Å². The number of amides is 1. The quantitative estimate of drug-likeness (QED) is 0.0656. The van der Waals surface area contributed by atoms with Crippen LogP contribution in [0.3, 0.4) is 0 Å². The van der Waals surface area contributed by atoms with Gasteiger partial charge in [-0.2, -0.15) is 0 Å². The standard InChI is InChI=1S/C31H28FN3O5S2/c1-3-16-40-23-15-14-20(17-24(23)39-4-2)26-25(27(36)19-10-6-5-7-11-19)28(37)29(38)35(26)30-33-34-31(42-30)41-18-21-12-8-9-13-22(21)32/h5-15,17,26,36H,3-4,16,18H2,1-2H3/b27-25+. The summed E-state index contributed by atoms with van der Waals surface area (Å²) >= 11 is 2.38. The van der Waals surface area contributed by atoms with E-state index in [0.29, 0.717) is 51.5 Å². The number of aromatic nitrogens is 2. The Labute approximate surface area is 250 Å². The highest BCUT2D eigenvalue weighted by Gasteiger charge is 2.48. The SMILES string of the molecule is CCCOc1ccc(C2/C(=C(\O)c3ccccc3)C(=O)C(=O)N2c2nnc(SCc3ccccc3F)s2)cc1OCC. The number of aliphatic hydroxyl groups is 1. The molecule has 0 bridgehead atoms. The summed E-state index contributed by atoms with van der Waals surface area (Å²) in [6, 6.07) is 19.2. The molecule has 1 aliphatic rings. The first-order chi connectivity index (χ1) is 20.4. The van der Waals surface area contributed by atoms with Gasteiger partial charge in [-0.05, 0) is 42.7 Å². The Morgan fingerprint density at radius 3 is 2.50 bits per heavy atom. The van der Waals surface area contributed by atoms with E-state index in [-0.39, 0.29) is 22.3 Å². The molecule has 0 spiro atoms. The maximum absolute atomic E-state index is 14.1. The Kier molecular flexibility index (Phi) is 9.19. The van der Waals surface area contributed by atoms with Crippen molar-refractivity contribution < 1.29 is 28.6 Å². The molecule has 0 saturated carbocycles. The summed E-state index contributed by atoms with van der Waals surface area (Å²) in [7, 11) is 0. The molecule has 1 amide bonds. The third kappa shape index (κ3) is 6.02. The van der Waals surface area contributed by atoms with Gasteiger partial charge >= 0.3 is 5.91 Å². The number of halogens is 1. The molecule has 0 radical (unpaired) electrons. The molecule has 1 saturated heterocycles. The number of hydrogen-bond acceptors (Lipinski definition) is 9. The van der Waals surface area contributed by atoms with Crippen LogP contribution >= 0.6 is 23.1 Å². The lowest BCUT2D eigenvalue weighted by molar-refractivity contribution is -0.132. The van der Waals surface area contributed by atoms with E-state index < -0.39 is 17.7 Å². The van der Waals surface area contributed by atoms with Crippen molar-refractivity contribution in [2.24, 2.45) is 0 Å². The van der Waals surface area contributed by atoms with Gasteiger partial charge < -0.3 is 14.6 Å². The van der Waals surface area contributed by atoms with Gasteiger partial charge in [0.05, 0.1) is 24.8 Å². The van der Waals surface area contributed by atoms with E-state index in [4.69, 9.17) is 9.47 Å². The van der Waals surface area contributed by atoms with Crippen LogP contribution in [-0.2, 0) is 15.3 Å². The predicted octanol–water partition coefficient (Wildman–Crippen LogP) is 6.78. The average molecular weight is 606 g/mol. The monoisotopic (exact) mass is 605 g/mol. The maximum Gasteiger partial charge on any atom is 0.301 e. The summed E-state index contributed by atoms with van der Waals surface area (Å²) in [5.74, 6) is -1.02. The van der Waals surface area contributed by atoms with Crippen molar-refractivity contribution >= 4 is 45.7 Å². The number of aliphatic hydroxyl groups excluding tert-OH is 1. The van der Waals surface area contributed by atoms with Gasteiger partial charge in [-0.25, -0.2) is 4.39 Å². The van der Waals surface area contributed by atoms with Gasteiger partial charge in [0.25, 0.3) is 5.78 Å². The number of ether oxygens (including phenoxy) is 2. The van der Waals surface area contributed by atoms with E-state index in [2.05, 4.69) is 10.2 Å². The minimum absolute atomic E-state index is 0.0772. The Bertz CT molecular complexity index is 1630. The smallest absolute Gasteiger partial charge is 0.301 e. The molecule has 11 heteroatoms. The van der Waals surface area contributed by atoms with Crippen LogP contribution < -0.4 is 14.4 Å². The number of nitrogens with zero attached hydrogens (tertiary/aromatic N) is 3. The zero-order chi connectivity index (χ0) is 29.6. The number of thioether (sulfide) groups is 1. The normalized spacial score (nSPS) is 16.2. The first-order valence-electron chi connectivity index (χ1n) is 13.4. The van der Waals surface area contributed by atoms with Crippen molar-refractivity contribution in [1.82, 2.24) is 10.2 Å². The van der Waals surface area contributed by atoms with Crippen LogP contribution in [0.25, 0.3) is 5.76 Å². The minimum atomic E-state index is -1.01. The predicted molar refractivity (Wildman–Crippen MR) is 160 cm³/mol. The van der Waals surface area contributed by atoms with Crippen molar-refractivity contribution in [2.45, 2.75) is 36.4 Å². The zero-order valence-corrected chi connectivity index (χ0v) is 24.6. The molecular weight excluding hydrogens is 577 g/mol. The van der Waals surface area contributed by atoms with Crippen LogP contribution in [0, 0.1) is 5.82 Å². The Hall–Kier alpha value is -4.22. The molecule has 3 aromatic carbocycles. The number of rotatable bonds is 11. The number of anilines is 1. The molecule has 1 atom stereocenters. The van der Waals surface area contributed by atoms with E-state index in [0.717, 1.165) is 17.8 Å². The lowest BCUT2D eigenvalue weighted by Gasteiger charge is -2.23. The molecule has 2 heterocycles. The fraction of sp³-hybridized carbons (Fsp3) is 0.226. The molecule has 42 heavy (non-hydrogen) atoms. The first kappa shape index (κ1) is 29.3. The molecule has 8 nitrogen and oxygen atoms in total. The van der Waals surface area contributed by atoms with Gasteiger partial charge in [0.1, 0.15) is 11.6 Å². The fourth-order valence-electron chi connectivity index (χ4n) is 4.50. The van der Waals surface area contributed by atoms with Gasteiger partial charge in [0.2, 0.25) is 5.13 Å². The Balaban J connectivity index is 1.57. The van der Waals surface area contributed by atoms with Crippen LogP contribution in [0.4, 0.5) is 9.52 Å². The van der Waals surface area contributed by atoms with Crippen molar-refractivity contribution in [1.29, 1.82) is 0 Å². The van der Waals surface area contributed by atoms with Gasteiger partial charge in [-0.1, -0.05) is 84.6 Å². The van der Waals surface area contributed by atoms with E-state index in [1.165, 1.54) is 22.7 Å². The fourth-order valence-corrected chi connectivity index (χ4v) is 6.36. The summed E-state index contributed by atoms with van der Waals surface area (Å²) in [4.78, 5) is 28.3. The largest absolute Gasteiger partial charge is 0.507 e. The zero-order valence-electron chi connectivity index (χ0n) is 23.0. The number of benzene rings is 3. The van der Waals surface area contributed by atoms with Crippen LogP contribution in [0.15, 0.2) is 82.7 Å². The third-order valence-corrected chi connectivity index (χ3v) is 8.55. The van der Waals surface area contributed by atoms with Crippen LogP contribution in [0.1, 0.15) is 43.0 Å². The number of carbonyl (C=O) groups excluding carboxylic acids is 2. The number of carbonyl (C=O) groups is 2. The molecule has 1 fully saturated rings. The topological polar surface area (TPSA) is 102 Å². The summed E-state index contributed by atoms with van der Waals surface area (Å²) in [6.07, 6.45) is 0.804. The van der Waals surface area contributed by atoms with E-state index in [1.807, 2.05) is 13.8 Å². The van der Waals surface area contributed by atoms with Crippen molar-refractivity contribution in [3.05, 3.63) is 101 Å². The summed E-state index contributed by atoms with van der Waals surface area (Å²) in [6.45, 7) is 4.70. The number of hydrogen-bond donors (Lipinski definition) is 1. The molecular formula is C31H28FN3O5S2. The molecule has 0 aliphatic carbocycles. The lowest BCUT2D eigenvalue weighted by Crippen LogP contribution is -2.29. The molecule has 1 unspecified atom stereocenters. The van der Waals surface area contributed by atoms with Crippen molar-refractivity contribution in [2.75, 3.05) is 18.1 Å². The van der Waals surface area contributed by atoms with Crippen LogP contribution in [-0.4, -0.2) is 40.2 Å². The lowest BCUT2D eigenvalue weighted by atomic mass is 9.95. The Morgan fingerprint density at radius 1 is 1.00 bits per heavy atom. The third-order valence-electron chi connectivity index (χ3n) is 6.45. The molecule has 216 valence electrons. The highest BCUT2D eigenvalue weighted by molar-refractivity contribution is 8.00. The first-order valence-corrected chi connectivity index (χ1v) is 15.2. The Morgan fingerprint density at radius 2 is 1.76 bits per heavy atom. The van der Waals surface area contributed by atoms with Crippen molar-refractivity contribution in [3.8, 4) is 11.5 Å². The molecule has 1 aliphatic heterocycles. The van der Waals surface area contributed by atoms with Gasteiger partial charge in [0.15, 0.2) is 15.8 Å². The molecule has 1 aromatic heterocycles. The second-order valence-electron chi connectivity index (χ2n) is 9.25. The van der Waals surface area contributed by atoms with Crippen LogP contribution in [0.5, 0.6) is 11.5 Å². The maximum atomic E-state index is 14.1. The van der Waals surface area contributed by atoms with E-state index >= 15 is 0 Å². The average Bonchev–Trinajstić information content (AvgIpc) is 3.58. The van der Waals surface area contributed by atoms with Gasteiger partial charge in [0, 0.05) is 11.3 Å². The number of ketones is 1. The highest BCUT2D eigenvalue weighted by atomic mass is 32.2. The molecule has 5 rings (SSSR count). The second-order valence-corrected chi connectivity index (χ2v) is 11.4. The van der Waals surface area contributed by atoms with Crippen LogP contribution in [0.2, 0.25) is 0 Å². The second kappa shape index (κ2) is 13.2. The van der Waals surface area contributed by atoms with E-state index in [1.54, 1.807) is 66.7 Å². The summed E-state index contributed by atoms with van der Waals surface area (Å²) in [5.41, 5.74) is 1.35. The minimum Gasteiger partial charge on any atom is -0.507 e. The van der Waals surface area contributed by atoms with E-state index in [9.17, 15) is 19.1 Å². The highest BCUT2D eigenvalue weighted by Crippen LogP contribution is 2.45. The van der Waals surface area contributed by atoms with Gasteiger partial charge in [-0.15, -0.1) is 10.2 Å². The molecule has 4 aromatic rings. The summed E-state index contributed by atoms with van der Waals surface area (Å²) in [5, 5.41) is 19.9. The number of Topliss-reactive ketones (excluding diaryl/α,β-unsaturated/α-hetero) is 1. The summed E-state index contributed by atoms with van der Waals surface area (Å²) < 4.78 is 26.3. The molecule has 1 N–H and O–H groups in total. The van der Waals surface area contributed by atoms with Crippen molar-refractivity contribution in [3.63, 3.8) is 0 Å².